The van der Waals surface area contributed by atoms with E-state index in [0.29, 0.717) is 12.8 Å². The van der Waals surface area contributed by atoms with Gasteiger partial charge in [-0.25, -0.2) is 13.2 Å². The summed E-state index contributed by atoms with van der Waals surface area (Å²) < 4.78 is 76.6. The van der Waals surface area contributed by atoms with Crippen molar-refractivity contribution >= 4 is 5.83 Å². The van der Waals surface area contributed by atoms with Crippen LogP contribution in [0.4, 0.5) is 22.0 Å². The molecule has 1 fully saturated rings. The molecule has 0 aromatic heterocycles. The van der Waals surface area contributed by atoms with E-state index in [0.717, 1.165) is 24.8 Å². The van der Waals surface area contributed by atoms with Gasteiger partial charge in [0, 0.05) is 11.5 Å². The molecule has 0 N–H and O–H groups in total. The Hall–Kier alpha value is -2.41. The molecule has 2 unspecified atom stereocenters. The summed E-state index contributed by atoms with van der Waals surface area (Å²) in [4.78, 5) is 0. The van der Waals surface area contributed by atoms with Crippen molar-refractivity contribution < 1.29 is 31.4 Å². The topological polar surface area (TPSA) is 18.5 Å². The molecule has 0 amide bonds. The molecule has 1 heterocycles. The average Bonchev–Trinajstić information content (AvgIpc) is 2.70. The monoisotopic (exact) mass is 384 g/mol. The molecule has 1 aliphatic rings. The second kappa shape index (κ2) is 8.08. The highest BCUT2D eigenvalue weighted by molar-refractivity contribution is 5.60. The number of methoxy groups -OCH3 is 1. The van der Waals surface area contributed by atoms with E-state index in [1.165, 1.54) is 12.1 Å². The van der Waals surface area contributed by atoms with Gasteiger partial charge in [0.2, 0.25) is 5.83 Å². The minimum atomic E-state index is -1.50. The number of hydrogen-bond acceptors (Lipinski definition) is 2. The summed E-state index contributed by atoms with van der Waals surface area (Å²) in [6.45, 7) is 0.287. The highest BCUT2D eigenvalue weighted by Crippen LogP contribution is 2.36. The number of rotatable bonds is 4. The van der Waals surface area contributed by atoms with Gasteiger partial charge in [0.1, 0.15) is 0 Å². The van der Waals surface area contributed by atoms with Crippen molar-refractivity contribution in [2.45, 2.75) is 24.9 Å². The minimum Gasteiger partial charge on any atom is -0.472 e. The lowest BCUT2D eigenvalue weighted by atomic mass is 9.89. The number of benzene rings is 2. The molecular weight excluding hydrogens is 367 g/mol. The first-order valence-corrected chi connectivity index (χ1v) is 8.36. The predicted molar refractivity (Wildman–Crippen MR) is 89.6 cm³/mol. The van der Waals surface area contributed by atoms with E-state index >= 15 is 0 Å². The molecule has 0 aliphatic carbocycles. The smallest absolute Gasteiger partial charge is 0.309 e. The summed E-state index contributed by atoms with van der Waals surface area (Å²) in [6, 6.07) is 6.83. The predicted octanol–water partition coefficient (Wildman–Crippen LogP) is 5.95. The Kier molecular flexibility index (Phi) is 5.79. The third-order valence-electron chi connectivity index (χ3n) is 4.64. The van der Waals surface area contributed by atoms with Gasteiger partial charge < -0.3 is 9.47 Å². The summed E-state index contributed by atoms with van der Waals surface area (Å²) in [6.07, 6.45) is 0.625. The van der Waals surface area contributed by atoms with Crippen LogP contribution in [0.5, 0.6) is 0 Å². The molecule has 144 valence electrons. The van der Waals surface area contributed by atoms with Gasteiger partial charge in [-0.15, -0.1) is 0 Å². The molecule has 1 saturated heterocycles. The zero-order valence-electron chi connectivity index (χ0n) is 14.4. The van der Waals surface area contributed by atoms with Crippen LogP contribution < -0.4 is 0 Å². The van der Waals surface area contributed by atoms with Crippen LogP contribution >= 0.6 is 0 Å². The third kappa shape index (κ3) is 4.13. The molecule has 0 spiro atoms. The van der Waals surface area contributed by atoms with Crippen LogP contribution in [0.15, 0.2) is 42.4 Å². The Bertz CT molecular complexity index is 817. The molecule has 0 radical (unpaired) electrons. The summed E-state index contributed by atoms with van der Waals surface area (Å²) in [5.41, 5.74) is 1.19. The first-order valence-electron chi connectivity index (χ1n) is 8.36. The molecule has 3 rings (SSSR count). The van der Waals surface area contributed by atoms with Crippen LogP contribution in [0.2, 0.25) is 0 Å². The molecule has 0 saturated carbocycles. The minimum absolute atomic E-state index is 0.00440. The molecule has 2 atom stereocenters. The lowest BCUT2D eigenvalue weighted by Crippen LogP contribution is -2.19. The normalized spacial score (nSPS) is 21.0. The quantitative estimate of drug-likeness (QED) is 0.368. The van der Waals surface area contributed by atoms with Crippen LogP contribution in [-0.4, -0.2) is 13.7 Å². The van der Waals surface area contributed by atoms with Gasteiger partial charge >= 0.3 is 6.01 Å². The molecule has 2 aromatic rings. The summed E-state index contributed by atoms with van der Waals surface area (Å²) >= 11 is 0. The van der Waals surface area contributed by atoms with Gasteiger partial charge in [-0.3, -0.25) is 0 Å². The molecule has 27 heavy (non-hydrogen) atoms. The van der Waals surface area contributed by atoms with Gasteiger partial charge in [0.05, 0.1) is 19.8 Å². The van der Waals surface area contributed by atoms with E-state index in [4.69, 9.17) is 4.74 Å². The Morgan fingerprint density at radius 3 is 2.11 bits per heavy atom. The van der Waals surface area contributed by atoms with Crippen molar-refractivity contribution in [1.82, 2.24) is 0 Å². The summed E-state index contributed by atoms with van der Waals surface area (Å²) in [5, 5.41) is 0. The second-order valence-electron chi connectivity index (χ2n) is 6.31. The fourth-order valence-electron chi connectivity index (χ4n) is 3.14. The Morgan fingerprint density at radius 2 is 1.59 bits per heavy atom. The van der Waals surface area contributed by atoms with Crippen LogP contribution in [0.1, 0.15) is 41.6 Å². The zero-order chi connectivity index (χ0) is 19.6. The Labute approximate surface area is 153 Å². The molecule has 2 aromatic carbocycles. The van der Waals surface area contributed by atoms with E-state index in [1.54, 1.807) is 12.1 Å². The van der Waals surface area contributed by atoms with Crippen LogP contribution in [0, 0.1) is 17.5 Å². The first kappa shape index (κ1) is 19.4. The number of hydrogen-bond donors (Lipinski definition) is 0. The third-order valence-corrected chi connectivity index (χ3v) is 4.64. The summed E-state index contributed by atoms with van der Waals surface area (Å²) in [5.74, 6) is -5.07. The van der Waals surface area contributed by atoms with Gasteiger partial charge in [-0.05, 0) is 36.1 Å². The van der Waals surface area contributed by atoms with E-state index in [9.17, 15) is 22.0 Å². The molecule has 0 bridgehead atoms. The van der Waals surface area contributed by atoms with E-state index < -0.39 is 35.4 Å². The molecule has 7 heteroatoms. The van der Waals surface area contributed by atoms with Crippen molar-refractivity contribution in [1.29, 1.82) is 0 Å². The second-order valence-corrected chi connectivity index (χ2v) is 6.31. The van der Waals surface area contributed by atoms with Gasteiger partial charge in [0.25, 0.3) is 0 Å². The number of ether oxygens (including phenoxy) is 2. The van der Waals surface area contributed by atoms with E-state index in [1.807, 2.05) is 0 Å². The molecule has 1 aliphatic heterocycles. The molecule has 2 nitrogen and oxygen atoms in total. The zero-order valence-corrected chi connectivity index (χ0v) is 14.4. The van der Waals surface area contributed by atoms with Gasteiger partial charge in [-0.2, -0.15) is 8.78 Å². The van der Waals surface area contributed by atoms with Crippen molar-refractivity contribution in [3.63, 3.8) is 0 Å². The maximum Gasteiger partial charge on any atom is 0.309 e. The number of halogens is 5. The van der Waals surface area contributed by atoms with Crippen LogP contribution in [-0.2, 0) is 9.47 Å². The van der Waals surface area contributed by atoms with Crippen molar-refractivity contribution in [3.8, 4) is 0 Å². The van der Waals surface area contributed by atoms with E-state index in [2.05, 4.69) is 4.74 Å². The Morgan fingerprint density at radius 1 is 0.963 bits per heavy atom. The maximum absolute atomic E-state index is 13.7. The van der Waals surface area contributed by atoms with Crippen LogP contribution in [0.3, 0.4) is 0 Å². The van der Waals surface area contributed by atoms with Gasteiger partial charge in [0.15, 0.2) is 17.5 Å². The Balaban J connectivity index is 1.67. The highest BCUT2D eigenvalue weighted by atomic mass is 19.2. The van der Waals surface area contributed by atoms with Crippen molar-refractivity contribution in [2.75, 3.05) is 13.7 Å². The summed E-state index contributed by atoms with van der Waals surface area (Å²) in [7, 11) is 1.04. The SMILES string of the molecule is COC(F)=C(F)c1ccc(C2CCC(c3cc(F)c(F)c(F)c3)OC2)cc1. The van der Waals surface area contributed by atoms with E-state index in [-0.39, 0.29) is 23.7 Å². The average molecular weight is 384 g/mol. The van der Waals surface area contributed by atoms with Gasteiger partial charge in [-0.1, -0.05) is 24.3 Å². The highest BCUT2D eigenvalue weighted by Gasteiger charge is 2.26. The lowest BCUT2D eigenvalue weighted by molar-refractivity contribution is 0.00196. The largest absolute Gasteiger partial charge is 0.472 e. The van der Waals surface area contributed by atoms with Crippen molar-refractivity contribution in [2.24, 2.45) is 0 Å². The fourth-order valence-corrected chi connectivity index (χ4v) is 3.14. The maximum atomic E-state index is 13.7. The molecular formula is C20H17F5O2. The van der Waals surface area contributed by atoms with Crippen molar-refractivity contribution in [3.05, 3.63) is 76.6 Å². The first-order chi connectivity index (χ1) is 12.9. The van der Waals surface area contributed by atoms with Crippen LogP contribution in [0.25, 0.3) is 5.83 Å². The fraction of sp³-hybridized carbons (Fsp3) is 0.300. The lowest BCUT2D eigenvalue weighted by Gasteiger charge is -2.29. The standard InChI is InChI=1S/C20H17F5O2/c1-26-20(25)18(23)12-4-2-11(3-5-12)13-6-7-17(27-10-13)14-8-15(21)19(24)16(22)9-14/h2-5,8-9,13,17H,6-7,10H2,1H3.